The van der Waals surface area contributed by atoms with Crippen molar-refractivity contribution in [1.82, 2.24) is 5.32 Å². The van der Waals surface area contributed by atoms with E-state index in [1.807, 2.05) is 18.2 Å². The number of rotatable bonds is 2. The Morgan fingerprint density at radius 1 is 1.05 bits per heavy atom. The summed E-state index contributed by atoms with van der Waals surface area (Å²) in [5, 5.41) is 5.81. The van der Waals surface area contributed by atoms with Gasteiger partial charge >= 0.3 is 29.6 Å². The van der Waals surface area contributed by atoms with Crippen molar-refractivity contribution in [1.29, 1.82) is 0 Å². The minimum Gasteiger partial charge on any atom is -0.355 e. The first-order valence-electron chi connectivity index (χ1n) is 5.39. The molecule has 2 rings (SSSR count). The molecule has 0 spiro atoms. The van der Waals surface area contributed by atoms with Crippen molar-refractivity contribution in [3.63, 3.8) is 0 Å². The summed E-state index contributed by atoms with van der Waals surface area (Å²) in [6, 6.07) is 19.0. The van der Waals surface area contributed by atoms with Crippen LogP contribution < -0.4 is 40.2 Å². The van der Waals surface area contributed by atoms with Gasteiger partial charge in [-0.2, -0.15) is 18.2 Å². The van der Waals surface area contributed by atoms with Gasteiger partial charge in [-0.25, -0.2) is 0 Å². The first-order valence-corrected chi connectivity index (χ1v) is 5.80. The van der Waals surface area contributed by atoms with E-state index < -0.39 is 0 Å². The Balaban J connectivity index is 0.00000180. The van der Waals surface area contributed by atoms with Gasteiger partial charge in [-0.05, 0) is 24.4 Å². The van der Waals surface area contributed by atoms with Gasteiger partial charge in [0.2, 0.25) is 0 Å². The van der Waals surface area contributed by atoms with Crippen LogP contribution in [0.3, 0.4) is 0 Å². The summed E-state index contributed by atoms with van der Waals surface area (Å²) in [7, 11) is 0. The van der Waals surface area contributed by atoms with Crippen LogP contribution in [0.2, 0.25) is 0 Å². The third-order valence-electron chi connectivity index (χ3n) is 2.24. The molecule has 90 valence electrons. The molecule has 0 aromatic heterocycles. The second-order valence-corrected chi connectivity index (χ2v) is 3.97. The molecular formula is C14H11N2NaOS. The van der Waals surface area contributed by atoms with E-state index in [1.165, 1.54) is 0 Å². The molecule has 0 radical (unpaired) electrons. The van der Waals surface area contributed by atoms with Crippen molar-refractivity contribution in [3.05, 3.63) is 66.2 Å². The molecule has 0 atom stereocenters. The van der Waals surface area contributed by atoms with Gasteiger partial charge < -0.3 is 5.32 Å². The second-order valence-electron chi connectivity index (χ2n) is 3.56. The fourth-order valence-corrected chi connectivity index (χ4v) is 1.61. The minimum atomic E-state index is -0.226. The average Bonchev–Trinajstić information content (AvgIpc) is 2.40. The molecule has 0 saturated heterocycles. The predicted molar refractivity (Wildman–Crippen MR) is 75.4 cm³/mol. The van der Waals surface area contributed by atoms with E-state index in [1.54, 1.807) is 36.4 Å². The molecule has 0 aliphatic heterocycles. The maximum Gasteiger partial charge on any atom is 1.00 e. The average molecular weight is 278 g/mol. The molecule has 2 aromatic rings. The minimum absolute atomic E-state index is 0. The molecule has 2 N–H and O–H groups in total. The van der Waals surface area contributed by atoms with Crippen molar-refractivity contribution in [2.45, 2.75) is 0 Å². The Labute approximate surface area is 139 Å². The molecule has 1 amide bonds. The topological polar surface area (TPSA) is 41.1 Å². The summed E-state index contributed by atoms with van der Waals surface area (Å²) in [5.41, 5.74) is 1.38. The molecule has 3 nitrogen and oxygen atoms in total. The maximum atomic E-state index is 11.8. The molecular weight excluding hydrogens is 267 g/mol. The Morgan fingerprint density at radius 3 is 2.32 bits per heavy atom. The van der Waals surface area contributed by atoms with Gasteiger partial charge in [0.05, 0.1) is 0 Å². The first-order chi connectivity index (χ1) is 8.75. The van der Waals surface area contributed by atoms with E-state index in [0.717, 1.165) is 5.69 Å². The van der Waals surface area contributed by atoms with E-state index in [4.69, 9.17) is 12.2 Å². The number of benzene rings is 2. The molecule has 0 aliphatic rings. The number of nitrogens with one attached hydrogen (secondary N) is 2. The van der Waals surface area contributed by atoms with E-state index in [-0.39, 0.29) is 40.6 Å². The van der Waals surface area contributed by atoms with Gasteiger partial charge in [0, 0.05) is 5.56 Å². The Kier molecular flexibility index (Phi) is 6.73. The maximum absolute atomic E-state index is 11.8. The van der Waals surface area contributed by atoms with Gasteiger partial charge in [0.15, 0.2) is 5.11 Å². The van der Waals surface area contributed by atoms with Crippen LogP contribution in [0.25, 0.3) is 0 Å². The van der Waals surface area contributed by atoms with Crippen molar-refractivity contribution in [2.75, 3.05) is 5.32 Å². The zero-order valence-corrected chi connectivity index (χ0v) is 13.3. The fourth-order valence-electron chi connectivity index (χ4n) is 1.40. The summed E-state index contributed by atoms with van der Waals surface area (Å²) < 4.78 is 0. The predicted octanol–water partition coefficient (Wildman–Crippen LogP) is -0.382. The quantitative estimate of drug-likeness (QED) is 0.447. The van der Waals surface area contributed by atoms with Crippen LogP contribution in [-0.4, -0.2) is 11.0 Å². The molecule has 0 fully saturated rings. The van der Waals surface area contributed by atoms with E-state index in [2.05, 4.69) is 16.7 Å². The molecule has 0 unspecified atom stereocenters. The zero-order valence-electron chi connectivity index (χ0n) is 10.5. The van der Waals surface area contributed by atoms with Crippen molar-refractivity contribution in [3.8, 4) is 0 Å². The zero-order chi connectivity index (χ0) is 12.8. The van der Waals surface area contributed by atoms with Crippen LogP contribution in [0.5, 0.6) is 0 Å². The normalized spacial score (nSPS) is 9.05. The first kappa shape index (κ1) is 15.9. The summed E-state index contributed by atoms with van der Waals surface area (Å²) in [5.74, 6) is -0.226. The van der Waals surface area contributed by atoms with E-state index >= 15 is 0 Å². The Morgan fingerprint density at radius 2 is 1.68 bits per heavy atom. The largest absolute Gasteiger partial charge is 1.00 e. The molecule has 19 heavy (non-hydrogen) atoms. The van der Waals surface area contributed by atoms with Crippen molar-refractivity contribution >= 4 is 28.9 Å². The third-order valence-corrected chi connectivity index (χ3v) is 2.44. The number of thiocarbonyl (C=S) groups is 1. The van der Waals surface area contributed by atoms with Crippen molar-refractivity contribution in [2.24, 2.45) is 0 Å². The van der Waals surface area contributed by atoms with Gasteiger partial charge in [-0.1, -0.05) is 23.9 Å². The van der Waals surface area contributed by atoms with Gasteiger partial charge in [0.25, 0.3) is 5.91 Å². The molecule has 0 saturated carbocycles. The number of carbonyl (C=O) groups is 1. The third kappa shape index (κ3) is 5.12. The van der Waals surface area contributed by atoms with Crippen LogP contribution in [-0.2, 0) is 0 Å². The molecule has 0 heterocycles. The number of hydrogen-bond donors (Lipinski definition) is 2. The van der Waals surface area contributed by atoms with E-state index in [0.29, 0.717) is 5.56 Å². The van der Waals surface area contributed by atoms with Gasteiger partial charge in [-0.15, -0.1) is 12.1 Å². The van der Waals surface area contributed by atoms with Crippen molar-refractivity contribution < 1.29 is 34.4 Å². The fraction of sp³-hybridized carbons (Fsp3) is 0. The Hall–Kier alpha value is -1.20. The SMILES string of the molecule is O=C(NC(=S)Nc1cc[c-]cc1)c1ccccc1.[Na+]. The number of carbonyl (C=O) groups excluding carboxylic acids is 1. The Bertz CT molecular complexity index is 546. The summed E-state index contributed by atoms with van der Waals surface area (Å²) in [6.45, 7) is 0. The van der Waals surface area contributed by atoms with Gasteiger partial charge in [-0.3, -0.25) is 10.1 Å². The van der Waals surface area contributed by atoms with Crippen LogP contribution in [0.4, 0.5) is 5.69 Å². The standard InChI is InChI=1S/C14H11N2OS.Na/c17-13(11-7-3-1-4-8-11)16-14(18)15-12-9-5-2-6-10-12;/h1,3-10H,(H2,15,16,17,18);/q-1;+1. The van der Waals surface area contributed by atoms with Gasteiger partial charge in [0.1, 0.15) is 0 Å². The second kappa shape index (κ2) is 8.07. The number of anilines is 1. The number of hydrogen-bond acceptors (Lipinski definition) is 2. The van der Waals surface area contributed by atoms with Crippen LogP contribution >= 0.6 is 12.2 Å². The van der Waals surface area contributed by atoms with E-state index in [9.17, 15) is 4.79 Å². The summed E-state index contributed by atoms with van der Waals surface area (Å²) >= 11 is 5.06. The number of amides is 1. The molecule has 0 bridgehead atoms. The smallest absolute Gasteiger partial charge is 0.355 e. The molecule has 2 aromatic carbocycles. The van der Waals surface area contributed by atoms with Crippen LogP contribution in [0.15, 0.2) is 54.6 Å². The monoisotopic (exact) mass is 278 g/mol. The molecule has 0 aliphatic carbocycles. The van der Waals surface area contributed by atoms with Crippen LogP contribution in [0, 0.1) is 6.07 Å². The van der Waals surface area contributed by atoms with Crippen LogP contribution in [0.1, 0.15) is 10.4 Å². The summed E-state index contributed by atoms with van der Waals surface area (Å²) in [6.07, 6.45) is 0. The molecule has 5 heteroatoms. The summed E-state index contributed by atoms with van der Waals surface area (Å²) in [4.78, 5) is 11.8.